The normalized spacial score (nSPS) is 22.3. The molecule has 15 heavy (non-hydrogen) atoms. The standard InChI is InChI=1S/C13H23NO/c1-3-4-9-12(14)13(15-2)10-7-5-6-8-11-13/h12H,5-11,14H2,1-2H3. The van der Waals surface area contributed by atoms with Crippen LogP contribution in [0.1, 0.15) is 51.9 Å². The van der Waals surface area contributed by atoms with Crippen LogP contribution in [0.15, 0.2) is 0 Å². The Labute approximate surface area is 93.6 Å². The van der Waals surface area contributed by atoms with Crippen molar-refractivity contribution in [1.82, 2.24) is 0 Å². The first-order valence-corrected chi connectivity index (χ1v) is 5.95. The van der Waals surface area contributed by atoms with Gasteiger partial charge in [0.1, 0.15) is 0 Å². The van der Waals surface area contributed by atoms with Crippen molar-refractivity contribution < 1.29 is 4.74 Å². The Bertz CT molecular complexity index is 231. The minimum atomic E-state index is -0.111. The van der Waals surface area contributed by atoms with Crippen molar-refractivity contribution in [3.05, 3.63) is 0 Å². The number of ether oxygens (including phenoxy) is 1. The average molecular weight is 209 g/mol. The molecule has 2 N–H and O–H groups in total. The van der Waals surface area contributed by atoms with E-state index in [1.807, 2.05) is 6.92 Å². The van der Waals surface area contributed by atoms with E-state index in [1.165, 1.54) is 25.7 Å². The highest BCUT2D eigenvalue weighted by atomic mass is 16.5. The molecule has 0 aromatic carbocycles. The molecule has 0 radical (unpaired) electrons. The van der Waals surface area contributed by atoms with Crippen molar-refractivity contribution >= 4 is 0 Å². The lowest BCUT2D eigenvalue weighted by Gasteiger charge is -2.36. The Hall–Kier alpha value is -0.520. The van der Waals surface area contributed by atoms with Crippen LogP contribution in [0.25, 0.3) is 0 Å². The van der Waals surface area contributed by atoms with Gasteiger partial charge in [0.25, 0.3) is 0 Å². The zero-order valence-corrected chi connectivity index (χ0v) is 10.0. The summed E-state index contributed by atoms with van der Waals surface area (Å²) in [5.74, 6) is 5.98. The zero-order valence-electron chi connectivity index (χ0n) is 10.0. The topological polar surface area (TPSA) is 35.2 Å². The Balaban J connectivity index is 2.65. The summed E-state index contributed by atoms with van der Waals surface area (Å²) in [6.45, 7) is 1.86. The van der Waals surface area contributed by atoms with Gasteiger partial charge in [0.2, 0.25) is 0 Å². The molecule has 1 aliphatic rings. The van der Waals surface area contributed by atoms with Gasteiger partial charge in [-0.15, -0.1) is 11.8 Å². The summed E-state index contributed by atoms with van der Waals surface area (Å²) in [4.78, 5) is 0. The van der Waals surface area contributed by atoms with Crippen molar-refractivity contribution in [1.29, 1.82) is 0 Å². The molecular weight excluding hydrogens is 186 g/mol. The van der Waals surface area contributed by atoms with Crippen molar-refractivity contribution in [2.24, 2.45) is 5.73 Å². The van der Waals surface area contributed by atoms with E-state index in [-0.39, 0.29) is 11.6 Å². The molecule has 0 aromatic heterocycles. The number of hydrogen-bond acceptors (Lipinski definition) is 2. The summed E-state index contributed by atoms with van der Waals surface area (Å²) in [7, 11) is 1.80. The number of methoxy groups -OCH3 is 1. The van der Waals surface area contributed by atoms with Crippen LogP contribution in [0.2, 0.25) is 0 Å². The van der Waals surface area contributed by atoms with Crippen LogP contribution in [0.4, 0.5) is 0 Å². The molecule has 0 saturated heterocycles. The van der Waals surface area contributed by atoms with E-state index in [0.29, 0.717) is 0 Å². The summed E-state index contributed by atoms with van der Waals surface area (Å²) in [5, 5.41) is 0. The lowest BCUT2D eigenvalue weighted by molar-refractivity contribution is -0.0419. The van der Waals surface area contributed by atoms with E-state index in [0.717, 1.165) is 19.3 Å². The highest BCUT2D eigenvalue weighted by molar-refractivity contribution is 5.03. The second-order valence-corrected chi connectivity index (χ2v) is 4.42. The number of nitrogens with two attached hydrogens (primary N) is 1. The van der Waals surface area contributed by atoms with Gasteiger partial charge in [0.05, 0.1) is 5.60 Å². The van der Waals surface area contributed by atoms with Gasteiger partial charge in [0.15, 0.2) is 0 Å². The number of rotatable bonds is 3. The Morgan fingerprint density at radius 2 is 1.87 bits per heavy atom. The first-order chi connectivity index (χ1) is 7.25. The van der Waals surface area contributed by atoms with Gasteiger partial charge in [-0.1, -0.05) is 25.7 Å². The molecule has 2 heteroatoms. The maximum atomic E-state index is 6.22. The molecular formula is C13H23NO. The smallest absolute Gasteiger partial charge is 0.0838 e. The highest BCUT2D eigenvalue weighted by Crippen LogP contribution is 2.33. The minimum absolute atomic E-state index is 0.0630. The average Bonchev–Trinajstić information content (AvgIpc) is 2.52. The van der Waals surface area contributed by atoms with E-state index >= 15 is 0 Å². The van der Waals surface area contributed by atoms with Crippen LogP contribution >= 0.6 is 0 Å². The second-order valence-electron chi connectivity index (χ2n) is 4.42. The van der Waals surface area contributed by atoms with Gasteiger partial charge in [0, 0.05) is 19.6 Å². The van der Waals surface area contributed by atoms with Gasteiger partial charge >= 0.3 is 0 Å². The van der Waals surface area contributed by atoms with Crippen molar-refractivity contribution in [2.75, 3.05) is 7.11 Å². The molecule has 1 atom stereocenters. The van der Waals surface area contributed by atoms with E-state index in [4.69, 9.17) is 10.5 Å². The SMILES string of the molecule is CC#CCC(N)C1(OC)CCCCCC1. The largest absolute Gasteiger partial charge is 0.377 e. The molecule has 1 unspecified atom stereocenters. The summed E-state index contributed by atoms with van der Waals surface area (Å²) in [6.07, 6.45) is 8.05. The third-order valence-corrected chi connectivity index (χ3v) is 3.53. The Kier molecular flexibility index (Phi) is 5.14. The van der Waals surface area contributed by atoms with Gasteiger partial charge in [-0.2, -0.15) is 0 Å². The highest BCUT2D eigenvalue weighted by Gasteiger charge is 2.36. The molecule has 0 aliphatic heterocycles. The first kappa shape index (κ1) is 12.5. The van der Waals surface area contributed by atoms with E-state index in [2.05, 4.69) is 11.8 Å². The van der Waals surface area contributed by atoms with Gasteiger partial charge < -0.3 is 10.5 Å². The van der Waals surface area contributed by atoms with Crippen LogP contribution in [0.5, 0.6) is 0 Å². The summed E-state index contributed by atoms with van der Waals surface area (Å²) in [5.41, 5.74) is 6.11. The molecule has 1 aliphatic carbocycles. The third-order valence-electron chi connectivity index (χ3n) is 3.53. The molecule has 0 spiro atoms. The van der Waals surface area contributed by atoms with Gasteiger partial charge in [-0.3, -0.25) is 0 Å². The molecule has 1 fully saturated rings. The predicted octanol–water partition coefficient (Wildman–Crippen LogP) is 2.47. The molecule has 0 bridgehead atoms. The fourth-order valence-corrected chi connectivity index (χ4v) is 2.45. The quantitative estimate of drug-likeness (QED) is 0.572. The van der Waals surface area contributed by atoms with Crippen LogP contribution in [0, 0.1) is 11.8 Å². The monoisotopic (exact) mass is 209 g/mol. The minimum Gasteiger partial charge on any atom is -0.377 e. The van der Waals surface area contributed by atoms with Crippen LogP contribution < -0.4 is 5.73 Å². The summed E-state index contributed by atoms with van der Waals surface area (Å²) < 4.78 is 5.72. The van der Waals surface area contributed by atoms with E-state index < -0.39 is 0 Å². The molecule has 1 rings (SSSR count). The zero-order chi connectivity index (χ0) is 11.1. The van der Waals surface area contributed by atoms with Crippen LogP contribution in [-0.4, -0.2) is 18.8 Å². The van der Waals surface area contributed by atoms with Crippen LogP contribution in [0.3, 0.4) is 0 Å². The molecule has 0 aromatic rings. The maximum absolute atomic E-state index is 6.22. The third kappa shape index (κ3) is 3.22. The molecule has 1 saturated carbocycles. The van der Waals surface area contributed by atoms with Gasteiger partial charge in [-0.05, 0) is 19.8 Å². The van der Waals surface area contributed by atoms with Crippen molar-refractivity contribution in [3.8, 4) is 11.8 Å². The summed E-state index contributed by atoms with van der Waals surface area (Å²) >= 11 is 0. The van der Waals surface area contributed by atoms with Crippen molar-refractivity contribution in [2.45, 2.75) is 63.5 Å². The molecule has 86 valence electrons. The molecule has 2 nitrogen and oxygen atoms in total. The first-order valence-electron chi connectivity index (χ1n) is 5.95. The lowest BCUT2D eigenvalue weighted by Crippen LogP contribution is -2.49. The second kappa shape index (κ2) is 6.15. The lowest BCUT2D eigenvalue weighted by atomic mass is 9.85. The predicted molar refractivity (Wildman–Crippen MR) is 63.5 cm³/mol. The fourth-order valence-electron chi connectivity index (χ4n) is 2.45. The summed E-state index contributed by atoms with van der Waals surface area (Å²) in [6, 6.07) is 0.0630. The fraction of sp³-hybridized carbons (Fsp3) is 0.846. The molecule has 0 heterocycles. The van der Waals surface area contributed by atoms with Crippen molar-refractivity contribution in [3.63, 3.8) is 0 Å². The molecule has 0 amide bonds. The van der Waals surface area contributed by atoms with E-state index in [1.54, 1.807) is 7.11 Å². The maximum Gasteiger partial charge on any atom is 0.0838 e. The van der Waals surface area contributed by atoms with Crippen LogP contribution in [-0.2, 0) is 4.74 Å². The Morgan fingerprint density at radius 3 is 2.33 bits per heavy atom. The van der Waals surface area contributed by atoms with E-state index in [9.17, 15) is 0 Å². The Morgan fingerprint density at radius 1 is 1.27 bits per heavy atom. The van der Waals surface area contributed by atoms with Gasteiger partial charge in [-0.25, -0.2) is 0 Å². The number of hydrogen-bond donors (Lipinski definition) is 1.